The zero-order chi connectivity index (χ0) is 20.9. The Kier molecular flexibility index (Phi) is 6.08. The summed E-state index contributed by atoms with van der Waals surface area (Å²) >= 11 is 0. The molecule has 152 valence electrons. The lowest BCUT2D eigenvalue weighted by Gasteiger charge is -2.27. The van der Waals surface area contributed by atoms with Crippen molar-refractivity contribution in [1.29, 1.82) is 0 Å². The lowest BCUT2D eigenvalue weighted by Crippen LogP contribution is -2.50. The van der Waals surface area contributed by atoms with Crippen LogP contribution in [0.2, 0.25) is 0 Å². The average Bonchev–Trinajstić information content (AvgIpc) is 3.14. The van der Waals surface area contributed by atoms with Gasteiger partial charge in [-0.25, -0.2) is 0 Å². The van der Waals surface area contributed by atoms with E-state index in [4.69, 9.17) is 9.84 Å². The summed E-state index contributed by atoms with van der Waals surface area (Å²) in [5.74, 6) is -1.63. The molecule has 1 atom stereocenters. The summed E-state index contributed by atoms with van der Waals surface area (Å²) in [6, 6.07) is 13.6. The Morgan fingerprint density at radius 2 is 1.97 bits per heavy atom. The highest BCUT2D eigenvalue weighted by atomic mass is 16.6. The van der Waals surface area contributed by atoms with Crippen molar-refractivity contribution in [1.82, 2.24) is 5.32 Å². The van der Waals surface area contributed by atoms with Gasteiger partial charge in [-0.1, -0.05) is 30.3 Å². The number of hydrogen-bond donors (Lipinski definition) is 3. The number of anilines is 1. The number of nitrogens with one attached hydrogen (secondary N) is 2. The van der Waals surface area contributed by atoms with Crippen LogP contribution in [0.4, 0.5) is 11.4 Å². The number of ether oxygens (including phenoxy) is 1. The molecule has 0 bridgehead atoms. The third-order valence-corrected chi connectivity index (χ3v) is 4.75. The molecule has 1 saturated heterocycles. The summed E-state index contributed by atoms with van der Waals surface area (Å²) in [7, 11) is 0. The fraction of sp³-hybridized carbons (Fsp3) is 0.300. The first-order valence-electron chi connectivity index (χ1n) is 9.07. The van der Waals surface area contributed by atoms with Crippen molar-refractivity contribution in [2.24, 2.45) is 0 Å². The number of carbonyl (C=O) groups is 2. The number of hydrogen-bond acceptors (Lipinski definition) is 6. The first kappa shape index (κ1) is 20.3. The van der Waals surface area contributed by atoms with Crippen molar-refractivity contribution in [3.8, 4) is 0 Å². The van der Waals surface area contributed by atoms with E-state index in [-0.39, 0.29) is 24.3 Å². The van der Waals surface area contributed by atoms with Crippen molar-refractivity contribution in [2.75, 3.05) is 18.5 Å². The minimum Gasteiger partial charge on any atom is -0.481 e. The first-order valence-corrected chi connectivity index (χ1v) is 9.07. The summed E-state index contributed by atoms with van der Waals surface area (Å²) < 4.78 is 5.26. The zero-order valence-electron chi connectivity index (χ0n) is 15.6. The SMILES string of the molecule is O=C(O)CC1(NC(=O)c2ccc(NCc3ccccc3)c([N+](=O)[O-])c2)CCOC1. The Hall–Kier alpha value is -3.46. The maximum absolute atomic E-state index is 12.7. The number of nitro benzene ring substituents is 1. The Bertz CT molecular complexity index is 910. The monoisotopic (exact) mass is 399 g/mol. The number of amides is 1. The molecule has 2 aromatic carbocycles. The number of carbonyl (C=O) groups excluding carboxylic acids is 1. The number of carboxylic acid groups (broad SMARTS) is 1. The van der Waals surface area contributed by atoms with Crippen LogP contribution in [-0.4, -0.2) is 40.7 Å². The predicted octanol–water partition coefficient (Wildman–Crippen LogP) is 2.57. The molecule has 1 amide bonds. The highest BCUT2D eigenvalue weighted by molar-refractivity contribution is 5.96. The van der Waals surface area contributed by atoms with E-state index in [1.165, 1.54) is 18.2 Å². The van der Waals surface area contributed by atoms with Crippen LogP contribution in [0.15, 0.2) is 48.5 Å². The quantitative estimate of drug-likeness (QED) is 0.459. The second-order valence-electron chi connectivity index (χ2n) is 6.94. The molecule has 2 aromatic rings. The van der Waals surface area contributed by atoms with Gasteiger partial charge in [0, 0.05) is 24.8 Å². The fourth-order valence-electron chi connectivity index (χ4n) is 3.26. The first-order chi connectivity index (χ1) is 13.9. The molecule has 1 aliphatic heterocycles. The van der Waals surface area contributed by atoms with Crippen LogP contribution in [0.1, 0.15) is 28.8 Å². The molecule has 3 N–H and O–H groups in total. The van der Waals surface area contributed by atoms with E-state index in [1.807, 2.05) is 30.3 Å². The molecule has 1 heterocycles. The van der Waals surface area contributed by atoms with Crippen LogP contribution in [0.5, 0.6) is 0 Å². The topological polar surface area (TPSA) is 131 Å². The molecule has 0 radical (unpaired) electrons. The third-order valence-electron chi connectivity index (χ3n) is 4.75. The van der Waals surface area contributed by atoms with Gasteiger partial charge >= 0.3 is 5.97 Å². The fourth-order valence-corrected chi connectivity index (χ4v) is 3.26. The summed E-state index contributed by atoms with van der Waals surface area (Å²) in [5.41, 5.74) is 0.0875. The van der Waals surface area contributed by atoms with Gasteiger partial charge < -0.3 is 20.5 Å². The molecule has 9 heteroatoms. The maximum Gasteiger partial charge on any atom is 0.305 e. The largest absolute Gasteiger partial charge is 0.481 e. The molecule has 1 fully saturated rings. The summed E-state index contributed by atoms with van der Waals surface area (Å²) in [6.45, 7) is 0.826. The lowest BCUT2D eigenvalue weighted by molar-refractivity contribution is -0.384. The van der Waals surface area contributed by atoms with Crippen molar-refractivity contribution in [3.05, 3.63) is 69.8 Å². The van der Waals surface area contributed by atoms with E-state index >= 15 is 0 Å². The molecule has 29 heavy (non-hydrogen) atoms. The van der Waals surface area contributed by atoms with Crippen molar-refractivity contribution >= 4 is 23.3 Å². The van der Waals surface area contributed by atoms with Crippen LogP contribution in [-0.2, 0) is 16.1 Å². The molecule has 0 spiro atoms. The average molecular weight is 399 g/mol. The predicted molar refractivity (Wildman–Crippen MR) is 105 cm³/mol. The van der Waals surface area contributed by atoms with Gasteiger partial charge in [0.1, 0.15) is 5.69 Å². The standard InChI is InChI=1S/C20H21N3O6/c24-18(25)11-20(8-9-29-13-20)22-19(26)15-6-7-16(17(10-15)23(27)28)21-12-14-4-2-1-3-5-14/h1-7,10,21H,8-9,11-13H2,(H,22,26)(H,24,25). The molecule has 3 rings (SSSR count). The molecule has 9 nitrogen and oxygen atoms in total. The van der Waals surface area contributed by atoms with E-state index in [0.29, 0.717) is 25.3 Å². The number of benzene rings is 2. The van der Waals surface area contributed by atoms with Crippen LogP contribution >= 0.6 is 0 Å². The van der Waals surface area contributed by atoms with E-state index in [9.17, 15) is 19.7 Å². The van der Waals surface area contributed by atoms with Gasteiger partial charge in [0.2, 0.25) is 0 Å². The highest BCUT2D eigenvalue weighted by Crippen LogP contribution is 2.28. The van der Waals surface area contributed by atoms with Gasteiger partial charge in [0.05, 0.1) is 23.5 Å². The van der Waals surface area contributed by atoms with E-state index < -0.39 is 22.3 Å². The molecular formula is C20H21N3O6. The number of nitro groups is 1. The lowest BCUT2D eigenvalue weighted by atomic mass is 9.93. The number of aliphatic carboxylic acids is 1. The smallest absolute Gasteiger partial charge is 0.305 e. The Morgan fingerprint density at radius 1 is 1.21 bits per heavy atom. The Morgan fingerprint density at radius 3 is 2.59 bits per heavy atom. The van der Waals surface area contributed by atoms with Gasteiger partial charge in [-0.3, -0.25) is 19.7 Å². The molecule has 1 aliphatic rings. The summed E-state index contributed by atoms with van der Waals surface area (Å²) in [4.78, 5) is 34.7. The van der Waals surface area contributed by atoms with Gasteiger partial charge in [0.25, 0.3) is 11.6 Å². The van der Waals surface area contributed by atoms with Crippen molar-refractivity contribution in [2.45, 2.75) is 24.9 Å². The van der Waals surface area contributed by atoms with Crippen molar-refractivity contribution < 1.29 is 24.4 Å². The Balaban J connectivity index is 1.77. The van der Waals surface area contributed by atoms with Gasteiger partial charge in [0.15, 0.2) is 0 Å². The molecule has 0 aromatic heterocycles. The molecular weight excluding hydrogens is 378 g/mol. The minimum absolute atomic E-state index is 0.0821. The number of nitrogens with zero attached hydrogens (tertiary/aromatic N) is 1. The number of rotatable bonds is 8. The number of carboxylic acids is 1. The van der Waals surface area contributed by atoms with Gasteiger partial charge in [-0.15, -0.1) is 0 Å². The highest BCUT2D eigenvalue weighted by Gasteiger charge is 2.39. The minimum atomic E-state index is -1.05. The van der Waals surface area contributed by atoms with E-state index in [2.05, 4.69) is 10.6 Å². The van der Waals surface area contributed by atoms with Crippen molar-refractivity contribution in [3.63, 3.8) is 0 Å². The normalized spacial score (nSPS) is 18.2. The van der Waals surface area contributed by atoms with Crippen LogP contribution in [0, 0.1) is 10.1 Å². The third kappa shape index (κ3) is 5.08. The van der Waals surface area contributed by atoms with Gasteiger partial charge in [-0.2, -0.15) is 0 Å². The maximum atomic E-state index is 12.7. The summed E-state index contributed by atoms with van der Waals surface area (Å²) in [6.07, 6.45) is 0.0847. The van der Waals surface area contributed by atoms with E-state index in [0.717, 1.165) is 5.56 Å². The van der Waals surface area contributed by atoms with E-state index in [1.54, 1.807) is 0 Å². The molecule has 0 saturated carbocycles. The van der Waals surface area contributed by atoms with Gasteiger partial charge in [-0.05, 0) is 24.1 Å². The van der Waals surface area contributed by atoms with Crippen LogP contribution in [0.25, 0.3) is 0 Å². The Labute approximate surface area is 166 Å². The summed E-state index contributed by atoms with van der Waals surface area (Å²) in [5, 5.41) is 26.3. The zero-order valence-corrected chi connectivity index (χ0v) is 15.6. The second kappa shape index (κ2) is 8.70. The second-order valence-corrected chi connectivity index (χ2v) is 6.94. The van der Waals surface area contributed by atoms with Crippen LogP contribution in [0.3, 0.4) is 0 Å². The van der Waals surface area contributed by atoms with Crippen LogP contribution < -0.4 is 10.6 Å². The molecule has 0 aliphatic carbocycles. The molecule has 1 unspecified atom stereocenters.